The van der Waals surface area contributed by atoms with Crippen molar-refractivity contribution in [2.75, 3.05) is 51.8 Å². The largest absolute Gasteiger partial charge is 0.465 e. The van der Waals surface area contributed by atoms with Crippen LogP contribution in [0.5, 0.6) is 0 Å². The number of piperazine rings is 1. The summed E-state index contributed by atoms with van der Waals surface area (Å²) in [6.07, 6.45) is 7.24. The first-order chi connectivity index (χ1) is 17.1. The van der Waals surface area contributed by atoms with E-state index in [9.17, 15) is 14.4 Å². The predicted molar refractivity (Wildman–Crippen MR) is 136 cm³/mol. The third-order valence-electron chi connectivity index (χ3n) is 5.84. The van der Waals surface area contributed by atoms with E-state index in [0.717, 1.165) is 31.6 Å². The Labute approximate surface area is 212 Å². The zero-order valence-electron chi connectivity index (χ0n) is 21.7. The number of anilines is 1. The standard InChI is InChI=1S/C27H35N3O6/c1-27(2,3)36-26(33)29-18-16-28(17-19-29)15-13-20-9-11-21(12-10-20)30-14-7-6-8-22(24(31)34-4)23(30)25(32)35-5/h6-12,14H,13,15-19H2,1-5H3. The molecule has 1 fully saturated rings. The monoisotopic (exact) mass is 497 g/mol. The lowest BCUT2D eigenvalue weighted by molar-refractivity contribution is -0.139. The van der Waals surface area contributed by atoms with Crippen LogP contribution in [0, 0.1) is 0 Å². The van der Waals surface area contributed by atoms with Gasteiger partial charge in [0.25, 0.3) is 0 Å². The van der Waals surface area contributed by atoms with Crippen molar-refractivity contribution in [1.29, 1.82) is 0 Å². The van der Waals surface area contributed by atoms with Crippen LogP contribution in [0.25, 0.3) is 0 Å². The molecule has 1 saturated heterocycles. The smallest absolute Gasteiger partial charge is 0.410 e. The van der Waals surface area contributed by atoms with Gasteiger partial charge in [-0.15, -0.1) is 0 Å². The SMILES string of the molecule is COC(=O)C1=C(C(=O)OC)N(c2ccc(CCN3CCN(C(=O)OC(C)(C)C)CC3)cc2)C=CC=C1. The molecule has 0 atom stereocenters. The molecular formula is C27H35N3O6. The fourth-order valence-electron chi connectivity index (χ4n) is 3.96. The Morgan fingerprint density at radius 3 is 2.11 bits per heavy atom. The van der Waals surface area contributed by atoms with Gasteiger partial charge in [-0.1, -0.05) is 18.2 Å². The normalized spacial score (nSPS) is 16.6. The van der Waals surface area contributed by atoms with Crippen LogP contribution in [-0.4, -0.2) is 80.4 Å². The minimum atomic E-state index is -0.638. The van der Waals surface area contributed by atoms with Crippen LogP contribution in [0.15, 0.2) is 60.0 Å². The van der Waals surface area contributed by atoms with Gasteiger partial charge in [0.1, 0.15) is 11.3 Å². The molecule has 9 heteroatoms. The first-order valence-corrected chi connectivity index (χ1v) is 12.0. The number of allylic oxidation sites excluding steroid dienone is 2. The third kappa shape index (κ3) is 6.97. The molecule has 0 aromatic heterocycles. The van der Waals surface area contributed by atoms with E-state index in [2.05, 4.69) is 4.90 Å². The summed E-state index contributed by atoms with van der Waals surface area (Å²) in [5, 5.41) is 0. The molecule has 0 N–H and O–H groups in total. The zero-order chi connectivity index (χ0) is 26.3. The van der Waals surface area contributed by atoms with Crippen molar-refractivity contribution in [3.8, 4) is 0 Å². The summed E-state index contributed by atoms with van der Waals surface area (Å²) in [6.45, 7) is 9.38. The molecule has 3 rings (SSSR count). The van der Waals surface area contributed by atoms with E-state index in [4.69, 9.17) is 14.2 Å². The Kier molecular flexibility index (Phi) is 8.93. The van der Waals surface area contributed by atoms with Gasteiger partial charge in [0.15, 0.2) is 0 Å². The van der Waals surface area contributed by atoms with Crippen molar-refractivity contribution < 1.29 is 28.6 Å². The minimum Gasteiger partial charge on any atom is -0.465 e. The van der Waals surface area contributed by atoms with Crippen molar-refractivity contribution >= 4 is 23.7 Å². The summed E-state index contributed by atoms with van der Waals surface area (Å²) in [7, 11) is 2.55. The van der Waals surface area contributed by atoms with E-state index in [0.29, 0.717) is 18.8 Å². The van der Waals surface area contributed by atoms with Crippen LogP contribution in [-0.2, 0) is 30.2 Å². The number of carbonyl (C=O) groups excluding carboxylic acids is 3. The number of esters is 2. The van der Waals surface area contributed by atoms with E-state index >= 15 is 0 Å². The topological polar surface area (TPSA) is 88.6 Å². The minimum absolute atomic E-state index is 0.0879. The number of benzene rings is 1. The Hall–Kier alpha value is -3.59. The molecule has 0 spiro atoms. The highest BCUT2D eigenvalue weighted by molar-refractivity contribution is 6.05. The van der Waals surface area contributed by atoms with E-state index in [1.165, 1.54) is 20.3 Å². The van der Waals surface area contributed by atoms with Gasteiger partial charge in [-0.05, 0) is 57.0 Å². The van der Waals surface area contributed by atoms with Gasteiger partial charge in [0.2, 0.25) is 0 Å². The van der Waals surface area contributed by atoms with Crippen LogP contribution in [0.4, 0.5) is 10.5 Å². The van der Waals surface area contributed by atoms with Gasteiger partial charge < -0.3 is 24.0 Å². The van der Waals surface area contributed by atoms with Gasteiger partial charge in [0, 0.05) is 44.6 Å². The number of ether oxygens (including phenoxy) is 3. The highest BCUT2D eigenvalue weighted by Gasteiger charge is 2.28. The summed E-state index contributed by atoms with van der Waals surface area (Å²) in [6, 6.07) is 7.82. The molecule has 0 aliphatic carbocycles. The van der Waals surface area contributed by atoms with Crippen LogP contribution in [0.1, 0.15) is 26.3 Å². The van der Waals surface area contributed by atoms with E-state index in [1.54, 1.807) is 28.2 Å². The number of methoxy groups -OCH3 is 2. The fourth-order valence-corrected chi connectivity index (χ4v) is 3.96. The molecule has 2 heterocycles. The Balaban J connectivity index is 1.62. The molecule has 36 heavy (non-hydrogen) atoms. The second-order valence-corrected chi connectivity index (χ2v) is 9.54. The van der Waals surface area contributed by atoms with Crippen molar-refractivity contribution in [2.24, 2.45) is 0 Å². The summed E-state index contributed by atoms with van der Waals surface area (Å²) in [4.78, 5) is 42.9. The molecule has 1 aromatic carbocycles. The van der Waals surface area contributed by atoms with Crippen molar-refractivity contribution in [3.63, 3.8) is 0 Å². The van der Waals surface area contributed by atoms with Crippen molar-refractivity contribution in [2.45, 2.75) is 32.8 Å². The quantitative estimate of drug-likeness (QED) is 0.437. The van der Waals surface area contributed by atoms with Crippen molar-refractivity contribution in [3.05, 3.63) is 65.5 Å². The van der Waals surface area contributed by atoms with Crippen LogP contribution >= 0.6 is 0 Å². The van der Waals surface area contributed by atoms with Gasteiger partial charge in [-0.3, -0.25) is 4.90 Å². The molecule has 194 valence electrons. The third-order valence-corrected chi connectivity index (χ3v) is 5.84. The second-order valence-electron chi connectivity index (χ2n) is 9.54. The summed E-state index contributed by atoms with van der Waals surface area (Å²) < 4.78 is 15.3. The Morgan fingerprint density at radius 2 is 1.53 bits per heavy atom. The number of nitrogens with zero attached hydrogens (tertiary/aromatic N) is 3. The first kappa shape index (κ1) is 27.0. The molecule has 1 aromatic rings. The van der Waals surface area contributed by atoms with Crippen LogP contribution < -0.4 is 4.90 Å². The molecule has 2 aliphatic rings. The average molecular weight is 498 g/mol. The lowest BCUT2D eigenvalue weighted by Gasteiger charge is -2.35. The summed E-state index contributed by atoms with van der Waals surface area (Å²) in [5.74, 6) is -1.26. The molecule has 1 amide bonds. The fraction of sp³-hybridized carbons (Fsp3) is 0.444. The molecule has 0 bridgehead atoms. The lowest BCUT2D eigenvalue weighted by Crippen LogP contribution is -2.50. The molecular weight excluding hydrogens is 462 g/mol. The number of rotatable bonds is 6. The van der Waals surface area contributed by atoms with E-state index in [-0.39, 0.29) is 17.4 Å². The zero-order valence-corrected chi connectivity index (χ0v) is 21.7. The highest BCUT2D eigenvalue weighted by atomic mass is 16.6. The van der Waals surface area contributed by atoms with Gasteiger partial charge >= 0.3 is 18.0 Å². The van der Waals surface area contributed by atoms with E-state index < -0.39 is 17.5 Å². The maximum Gasteiger partial charge on any atom is 0.410 e. The van der Waals surface area contributed by atoms with Gasteiger partial charge in [0.05, 0.1) is 19.8 Å². The Morgan fingerprint density at radius 1 is 0.889 bits per heavy atom. The molecule has 0 radical (unpaired) electrons. The van der Waals surface area contributed by atoms with Crippen LogP contribution in [0.3, 0.4) is 0 Å². The lowest BCUT2D eigenvalue weighted by atomic mass is 10.1. The Bertz CT molecular complexity index is 1040. The van der Waals surface area contributed by atoms with Crippen LogP contribution in [0.2, 0.25) is 0 Å². The van der Waals surface area contributed by atoms with Crippen molar-refractivity contribution in [1.82, 2.24) is 9.80 Å². The number of amides is 1. The maximum absolute atomic E-state index is 12.6. The summed E-state index contributed by atoms with van der Waals surface area (Å²) in [5.41, 5.74) is 1.57. The predicted octanol–water partition coefficient (Wildman–Crippen LogP) is 3.27. The number of hydrogen-bond acceptors (Lipinski definition) is 8. The van der Waals surface area contributed by atoms with Gasteiger partial charge in [-0.25, -0.2) is 14.4 Å². The summed E-state index contributed by atoms with van der Waals surface area (Å²) >= 11 is 0. The molecule has 0 saturated carbocycles. The highest BCUT2D eigenvalue weighted by Crippen LogP contribution is 2.26. The second kappa shape index (κ2) is 11.9. The molecule has 2 aliphatic heterocycles. The van der Waals surface area contributed by atoms with E-state index in [1.807, 2.05) is 45.0 Å². The number of carbonyl (C=O) groups is 3. The average Bonchev–Trinajstić information content (AvgIpc) is 3.09. The first-order valence-electron chi connectivity index (χ1n) is 12.0. The maximum atomic E-state index is 12.6. The van der Waals surface area contributed by atoms with Gasteiger partial charge in [-0.2, -0.15) is 0 Å². The molecule has 0 unspecified atom stereocenters. The molecule has 9 nitrogen and oxygen atoms in total. The number of hydrogen-bond donors (Lipinski definition) is 0.